The average Bonchev–Trinajstić information content (AvgIpc) is 2.67. The summed E-state index contributed by atoms with van der Waals surface area (Å²) in [6.07, 6.45) is 2.53. The van der Waals surface area contributed by atoms with Crippen LogP contribution in [0.15, 0.2) is 48.5 Å². The first kappa shape index (κ1) is 18.3. The van der Waals surface area contributed by atoms with Gasteiger partial charge in [-0.2, -0.15) is 0 Å². The summed E-state index contributed by atoms with van der Waals surface area (Å²) in [5.74, 6) is 0.840. The molecular weight excluding hydrogens is 322 g/mol. The Morgan fingerprint density at radius 3 is 2.46 bits per heavy atom. The predicted molar refractivity (Wildman–Crippen MR) is 109 cm³/mol. The SMILES string of the molecule is Cc1ccccc1CNC(=O)CNc1ccc(N2CCC(C)CC2)cc1. The van der Waals surface area contributed by atoms with Crippen molar-refractivity contribution in [3.05, 3.63) is 59.7 Å². The Labute approximate surface area is 156 Å². The minimum absolute atomic E-state index is 0.00217. The van der Waals surface area contributed by atoms with Crippen molar-refractivity contribution in [2.75, 3.05) is 29.9 Å². The largest absolute Gasteiger partial charge is 0.376 e. The number of piperidine rings is 1. The van der Waals surface area contributed by atoms with Gasteiger partial charge in [-0.05, 0) is 61.1 Å². The van der Waals surface area contributed by atoms with E-state index in [1.807, 2.05) is 18.2 Å². The molecule has 3 rings (SSSR count). The molecule has 1 aliphatic heterocycles. The number of aryl methyl sites for hydroxylation is 1. The number of hydrogen-bond donors (Lipinski definition) is 2. The molecule has 2 aromatic carbocycles. The Kier molecular flexibility index (Phi) is 6.16. The van der Waals surface area contributed by atoms with E-state index < -0.39 is 0 Å². The normalized spacial score (nSPS) is 14.9. The van der Waals surface area contributed by atoms with Crippen molar-refractivity contribution >= 4 is 17.3 Å². The van der Waals surface area contributed by atoms with Gasteiger partial charge in [0.25, 0.3) is 0 Å². The molecule has 0 unspecified atom stereocenters. The van der Waals surface area contributed by atoms with E-state index in [4.69, 9.17) is 0 Å². The van der Waals surface area contributed by atoms with E-state index in [2.05, 4.69) is 59.7 Å². The quantitative estimate of drug-likeness (QED) is 0.828. The van der Waals surface area contributed by atoms with E-state index in [0.717, 1.165) is 30.3 Å². The van der Waals surface area contributed by atoms with Crippen LogP contribution >= 0.6 is 0 Å². The number of nitrogens with one attached hydrogen (secondary N) is 2. The number of nitrogens with zero attached hydrogens (tertiary/aromatic N) is 1. The highest BCUT2D eigenvalue weighted by Gasteiger charge is 2.15. The van der Waals surface area contributed by atoms with E-state index in [1.165, 1.54) is 24.1 Å². The molecule has 0 spiro atoms. The van der Waals surface area contributed by atoms with Gasteiger partial charge < -0.3 is 15.5 Å². The molecule has 0 aromatic heterocycles. The third-order valence-electron chi connectivity index (χ3n) is 5.21. The van der Waals surface area contributed by atoms with Crippen molar-refractivity contribution in [3.63, 3.8) is 0 Å². The molecule has 1 saturated heterocycles. The van der Waals surface area contributed by atoms with Crippen LogP contribution in [0.4, 0.5) is 11.4 Å². The monoisotopic (exact) mass is 351 g/mol. The maximum Gasteiger partial charge on any atom is 0.239 e. The molecule has 0 radical (unpaired) electrons. The molecule has 2 aromatic rings. The van der Waals surface area contributed by atoms with Crippen LogP contribution < -0.4 is 15.5 Å². The van der Waals surface area contributed by atoms with Crippen LogP contribution in [-0.4, -0.2) is 25.5 Å². The van der Waals surface area contributed by atoms with Crippen LogP contribution in [0.1, 0.15) is 30.9 Å². The highest BCUT2D eigenvalue weighted by molar-refractivity contribution is 5.80. The predicted octanol–water partition coefficient (Wildman–Crippen LogP) is 3.96. The number of carbonyl (C=O) groups is 1. The zero-order valence-electron chi connectivity index (χ0n) is 15.8. The maximum absolute atomic E-state index is 12.1. The van der Waals surface area contributed by atoms with Crippen LogP contribution in [-0.2, 0) is 11.3 Å². The fourth-order valence-corrected chi connectivity index (χ4v) is 3.30. The number of benzene rings is 2. The lowest BCUT2D eigenvalue weighted by Crippen LogP contribution is -2.32. The van der Waals surface area contributed by atoms with Gasteiger partial charge in [-0.1, -0.05) is 31.2 Å². The molecule has 0 atom stereocenters. The van der Waals surface area contributed by atoms with Crippen molar-refractivity contribution in [1.82, 2.24) is 5.32 Å². The second-order valence-corrected chi connectivity index (χ2v) is 7.27. The fourth-order valence-electron chi connectivity index (χ4n) is 3.30. The van der Waals surface area contributed by atoms with Crippen LogP contribution in [0.2, 0.25) is 0 Å². The Morgan fingerprint density at radius 2 is 1.77 bits per heavy atom. The summed E-state index contributed by atoms with van der Waals surface area (Å²) in [7, 11) is 0. The van der Waals surface area contributed by atoms with E-state index >= 15 is 0 Å². The first-order valence-electron chi connectivity index (χ1n) is 9.52. The zero-order chi connectivity index (χ0) is 18.4. The average molecular weight is 351 g/mol. The standard InChI is InChI=1S/C22H29N3O/c1-17-11-13-25(14-12-17)21-9-7-20(8-10-21)23-16-22(26)24-15-19-6-4-3-5-18(19)2/h3-10,17,23H,11-16H2,1-2H3,(H,24,26). The summed E-state index contributed by atoms with van der Waals surface area (Å²) >= 11 is 0. The van der Waals surface area contributed by atoms with Gasteiger partial charge in [0.2, 0.25) is 5.91 Å². The lowest BCUT2D eigenvalue weighted by Gasteiger charge is -2.32. The number of rotatable bonds is 6. The van der Waals surface area contributed by atoms with Crippen LogP contribution in [0.25, 0.3) is 0 Å². The number of amides is 1. The molecule has 0 saturated carbocycles. The highest BCUT2D eigenvalue weighted by atomic mass is 16.1. The second-order valence-electron chi connectivity index (χ2n) is 7.27. The lowest BCUT2D eigenvalue weighted by atomic mass is 9.99. The third kappa shape index (κ3) is 5.01. The van der Waals surface area contributed by atoms with Gasteiger partial charge in [0.15, 0.2) is 0 Å². The van der Waals surface area contributed by atoms with Gasteiger partial charge in [-0.3, -0.25) is 4.79 Å². The van der Waals surface area contributed by atoms with Gasteiger partial charge in [-0.25, -0.2) is 0 Å². The minimum atomic E-state index is 0.00217. The van der Waals surface area contributed by atoms with Crippen LogP contribution in [0, 0.1) is 12.8 Å². The van der Waals surface area contributed by atoms with Gasteiger partial charge in [0, 0.05) is 31.0 Å². The number of hydrogen-bond acceptors (Lipinski definition) is 3. The molecule has 0 aliphatic carbocycles. The smallest absolute Gasteiger partial charge is 0.239 e. The van der Waals surface area contributed by atoms with Crippen molar-refractivity contribution in [2.45, 2.75) is 33.2 Å². The first-order valence-corrected chi connectivity index (χ1v) is 9.52. The summed E-state index contributed by atoms with van der Waals surface area (Å²) in [6.45, 7) is 7.51. The molecule has 2 N–H and O–H groups in total. The summed E-state index contributed by atoms with van der Waals surface area (Å²) in [5, 5.41) is 6.17. The summed E-state index contributed by atoms with van der Waals surface area (Å²) in [6, 6.07) is 16.5. The molecule has 138 valence electrons. The Bertz CT molecular complexity index is 718. The Morgan fingerprint density at radius 1 is 1.08 bits per heavy atom. The summed E-state index contributed by atoms with van der Waals surface area (Å²) in [4.78, 5) is 14.5. The minimum Gasteiger partial charge on any atom is -0.376 e. The lowest BCUT2D eigenvalue weighted by molar-refractivity contribution is -0.119. The molecule has 1 heterocycles. The molecule has 1 amide bonds. The van der Waals surface area contributed by atoms with Gasteiger partial charge in [0.05, 0.1) is 6.54 Å². The molecule has 1 fully saturated rings. The van der Waals surface area contributed by atoms with Crippen molar-refractivity contribution in [3.8, 4) is 0 Å². The van der Waals surface area contributed by atoms with Crippen molar-refractivity contribution in [2.24, 2.45) is 5.92 Å². The molecule has 0 bridgehead atoms. The molecule has 4 nitrogen and oxygen atoms in total. The highest BCUT2D eigenvalue weighted by Crippen LogP contribution is 2.24. The first-order chi connectivity index (χ1) is 12.6. The molecule has 4 heteroatoms. The molecular formula is C22H29N3O. The maximum atomic E-state index is 12.1. The number of carbonyl (C=O) groups excluding carboxylic acids is 1. The second kappa shape index (κ2) is 8.75. The number of anilines is 2. The van der Waals surface area contributed by atoms with E-state index in [0.29, 0.717) is 6.54 Å². The van der Waals surface area contributed by atoms with Crippen molar-refractivity contribution < 1.29 is 4.79 Å². The van der Waals surface area contributed by atoms with Gasteiger partial charge >= 0.3 is 0 Å². The zero-order valence-corrected chi connectivity index (χ0v) is 15.8. The third-order valence-corrected chi connectivity index (χ3v) is 5.21. The molecule has 1 aliphatic rings. The Balaban J connectivity index is 1.44. The Hall–Kier alpha value is -2.49. The fraction of sp³-hybridized carbons (Fsp3) is 0.409. The van der Waals surface area contributed by atoms with Crippen LogP contribution in [0.3, 0.4) is 0 Å². The van der Waals surface area contributed by atoms with E-state index in [1.54, 1.807) is 0 Å². The van der Waals surface area contributed by atoms with E-state index in [9.17, 15) is 4.79 Å². The topological polar surface area (TPSA) is 44.4 Å². The van der Waals surface area contributed by atoms with Crippen molar-refractivity contribution in [1.29, 1.82) is 0 Å². The van der Waals surface area contributed by atoms with E-state index in [-0.39, 0.29) is 12.5 Å². The van der Waals surface area contributed by atoms with Gasteiger partial charge in [0.1, 0.15) is 0 Å². The van der Waals surface area contributed by atoms with Crippen LogP contribution in [0.5, 0.6) is 0 Å². The summed E-state index contributed by atoms with van der Waals surface area (Å²) < 4.78 is 0. The molecule has 26 heavy (non-hydrogen) atoms. The summed E-state index contributed by atoms with van der Waals surface area (Å²) in [5.41, 5.74) is 4.60. The van der Waals surface area contributed by atoms with Gasteiger partial charge in [-0.15, -0.1) is 0 Å².